The number of nitrogens with one attached hydrogen (secondary N) is 4. The van der Waals surface area contributed by atoms with E-state index in [0.717, 1.165) is 21.2 Å². The zero-order chi connectivity index (χ0) is 27.1. The highest BCUT2D eigenvalue weighted by Gasteiger charge is 2.22. The van der Waals surface area contributed by atoms with Gasteiger partial charge in [-0.3, -0.25) is 5.32 Å². The molecule has 0 bridgehead atoms. The highest BCUT2D eigenvalue weighted by molar-refractivity contribution is 9.10. The van der Waals surface area contributed by atoms with Crippen LogP contribution in [0.15, 0.2) is 77.3 Å². The third-order valence-corrected chi connectivity index (χ3v) is 6.92. The fourth-order valence-electron chi connectivity index (χ4n) is 3.74. The van der Waals surface area contributed by atoms with Crippen LogP contribution in [0.5, 0.6) is 0 Å². The monoisotopic (exact) mass is 615 g/mol. The summed E-state index contributed by atoms with van der Waals surface area (Å²) in [4.78, 5) is 32.2. The first-order valence-electron chi connectivity index (χ1n) is 11.6. The van der Waals surface area contributed by atoms with Gasteiger partial charge in [0.15, 0.2) is 0 Å². The van der Waals surface area contributed by atoms with Crippen LogP contribution in [0, 0.1) is 0 Å². The van der Waals surface area contributed by atoms with Gasteiger partial charge in [-0.25, -0.2) is 14.6 Å². The third-order valence-electron chi connectivity index (χ3n) is 5.63. The molecule has 0 aliphatic rings. The molecular weight excluding hydrogens is 593 g/mol. The number of hydrogen-bond donors (Lipinski definition) is 4. The summed E-state index contributed by atoms with van der Waals surface area (Å²) in [6.45, 7) is 0.279. The van der Waals surface area contributed by atoms with E-state index in [9.17, 15) is 9.59 Å². The van der Waals surface area contributed by atoms with Crippen molar-refractivity contribution in [2.75, 3.05) is 12.4 Å². The average molecular weight is 617 g/mol. The summed E-state index contributed by atoms with van der Waals surface area (Å²) in [6.07, 6.45) is -0.0749. The number of carbonyl (C=O) groups is 2. The molecule has 3 aromatic carbocycles. The molecule has 196 valence electrons. The molecule has 4 N–H and O–H groups in total. The minimum Gasteiger partial charge on any atom is -0.453 e. The fourth-order valence-corrected chi connectivity index (χ4v) is 4.56. The van der Waals surface area contributed by atoms with Crippen molar-refractivity contribution in [3.05, 3.63) is 104 Å². The van der Waals surface area contributed by atoms with Crippen molar-refractivity contribution in [1.82, 2.24) is 20.6 Å². The number of aromatic nitrogens is 2. The summed E-state index contributed by atoms with van der Waals surface area (Å²) in [5, 5.41) is 9.39. The molecule has 1 atom stereocenters. The largest absolute Gasteiger partial charge is 0.453 e. The highest BCUT2D eigenvalue weighted by Crippen LogP contribution is 2.29. The Morgan fingerprint density at radius 1 is 1.05 bits per heavy atom. The van der Waals surface area contributed by atoms with Crippen molar-refractivity contribution < 1.29 is 14.3 Å². The van der Waals surface area contributed by atoms with E-state index < -0.39 is 12.1 Å². The fraction of sp³-hybridized carbons (Fsp3) is 0.148. The SMILES string of the molecule is COC(=O)Nc1ccc(-c2nc(C(Cc3ccccc3)NC(=O)NCc3cc(Cl)ccc3Br)[nH]c2Cl)cc1. The lowest BCUT2D eigenvalue weighted by Crippen LogP contribution is -2.38. The van der Waals surface area contributed by atoms with E-state index >= 15 is 0 Å². The molecule has 0 saturated carbocycles. The van der Waals surface area contributed by atoms with Gasteiger partial charge in [0.2, 0.25) is 0 Å². The van der Waals surface area contributed by atoms with Crippen LogP contribution in [0.1, 0.15) is 23.0 Å². The number of imidazole rings is 1. The predicted octanol–water partition coefficient (Wildman–Crippen LogP) is 7.11. The number of ether oxygens (including phenoxy) is 1. The molecule has 3 amide bonds. The van der Waals surface area contributed by atoms with E-state index in [0.29, 0.717) is 33.8 Å². The number of rotatable bonds is 8. The van der Waals surface area contributed by atoms with Crippen molar-refractivity contribution in [2.45, 2.75) is 19.0 Å². The second-order valence-electron chi connectivity index (χ2n) is 8.28. The minimum absolute atomic E-state index is 0.279. The van der Waals surface area contributed by atoms with E-state index in [1.54, 1.807) is 36.4 Å². The molecule has 0 saturated heterocycles. The number of methoxy groups -OCH3 is 1. The summed E-state index contributed by atoms with van der Waals surface area (Å²) in [7, 11) is 1.30. The first-order chi connectivity index (χ1) is 18.3. The van der Waals surface area contributed by atoms with Gasteiger partial charge < -0.3 is 20.4 Å². The first-order valence-corrected chi connectivity index (χ1v) is 13.1. The van der Waals surface area contributed by atoms with Gasteiger partial charge in [0.1, 0.15) is 16.7 Å². The summed E-state index contributed by atoms with van der Waals surface area (Å²) in [5.74, 6) is 0.504. The molecule has 4 aromatic rings. The molecule has 11 heteroatoms. The first kappa shape index (κ1) is 27.5. The summed E-state index contributed by atoms with van der Waals surface area (Å²) >= 11 is 16.1. The normalized spacial score (nSPS) is 11.5. The van der Waals surface area contributed by atoms with Gasteiger partial charge in [-0.15, -0.1) is 0 Å². The number of hydrogen-bond acceptors (Lipinski definition) is 4. The molecule has 0 radical (unpaired) electrons. The molecule has 1 aromatic heterocycles. The minimum atomic E-state index is -0.561. The van der Waals surface area contributed by atoms with Crippen LogP contribution in [0.2, 0.25) is 10.2 Å². The van der Waals surface area contributed by atoms with E-state index in [1.165, 1.54) is 7.11 Å². The van der Waals surface area contributed by atoms with Crippen LogP contribution in [-0.2, 0) is 17.7 Å². The molecule has 0 spiro atoms. The van der Waals surface area contributed by atoms with Crippen LogP contribution in [0.25, 0.3) is 11.3 Å². The van der Waals surface area contributed by atoms with Gasteiger partial charge in [0.05, 0.1) is 13.2 Å². The van der Waals surface area contributed by atoms with Crippen molar-refractivity contribution in [2.24, 2.45) is 0 Å². The molecule has 38 heavy (non-hydrogen) atoms. The predicted molar refractivity (Wildman–Crippen MR) is 152 cm³/mol. The molecule has 0 fully saturated rings. The van der Waals surface area contributed by atoms with Gasteiger partial charge in [0, 0.05) is 27.3 Å². The Bertz CT molecular complexity index is 1410. The number of nitrogens with zero attached hydrogens (tertiary/aromatic N) is 1. The Morgan fingerprint density at radius 3 is 2.50 bits per heavy atom. The van der Waals surface area contributed by atoms with Gasteiger partial charge in [-0.05, 0) is 47.9 Å². The molecule has 1 unspecified atom stereocenters. The van der Waals surface area contributed by atoms with Crippen LogP contribution < -0.4 is 16.0 Å². The second kappa shape index (κ2) is 12.8. The van der Waals surface area contributed by atoms with E-state index in [4.69, 9.17) is 28.2 Å². The van der Waals surface area contributed by atoms with E-state index in [1.807, 2.05) is 36.4 Å². The Balaban J connectivity index is 1.53. The number of anilines is 1. The Hall–Kier alpha value is -3.53. The molecule has 0 aliphatic carbocycles. The summed E-state index contributed by atoms with van der Waals surface area (Å²) in [6, 6.07) is 21.3. The standard InChI is InChI=1S/C27H24BrCl2N5O3/c1-38-27(37)32-20-10-7-17(8-11-20)23-24(30)35-25(34-23)22(13-16-5-3-2-4-6-16)33-26(36)31-15-18-14-19(29)9-12-21(18)28/h2-12,14,22H,13,15H2,1H3,(H,32,37)(H,34,35)(H2,31,33,36). The van der Waals surface area contributed by atoms with Crippen LogP contribution in [-0.4, -0.2) is 29.2 Å². The zero-order valence-electron chi connectivity index (χ0n) is 20.2. The maximum atomic E-state index is 12.9. The quantitative estimate of drug-likeness (QED) is 0.169. The average Bonchev–Trinajstić information content (AvgIpc) is 3.31. The number of aromatic amines is 1. The smallest absolute Gasteiger partial charge is 0.411 e. The summed E-state index contributed by atoms with van der Waals surface area (Å²) < 4.78 is 5.46. The van der Waals surface area contributed by atoms with Crippen molar-refractivity contribution in [3.8, 4) is 11.3 Å². The molecule has 1 heterocycles. The van der Waals surface area contributed by atoms with Gasteiger partial charge in [0.25, 0.3) is 0 Å². The van der Waals surface area contributed by atoms with Gasteiger partial charge >= 0.3 is 12.1 Å². The maximum absolute atomic E-state index is 12.9. The number of halogens is 3. The molecular formula is C27H24BrCl2N5O3. The van der Waals surface area contributed by atoms with E-state index in [2.05, 4.69) is 41.6 Å². The molecule has 4 rings (SSSR count). The third kappa shape index (κ3) is 7.28. The Labute approximate surface area is 238 Å². The lowest BCUT2D eigenvalue weighted by molar-refractivity contribution is 0.187. The highest BCUT2D eigenvalue weighted by atomic mass is 79.9. The number of urea groups is 1. The summed E-state index contributed by atoms with van der Waals surface area (Å²) in [5.41, 5.74) is 3.69. The second-order valence-corrected chi connectivity index (χ2v) is 9.95. The zero-order valence-corrected chi connectivity index (χ0v) is 23.3. The molecule has 8 nitrogen and oxygen atoms in total. The lowest BCUT2D eigenvalue weighted by Gasteiger charge is -2.18. The number of H-pyrrole nitrogens is 1. The van der Waals surface area contributed by atoms with Crippen LogP contribution >= 0.6 is 39.1 Å². The molecule has 0 aliphatic heterocycles. The van der Waals surface area contributed by atoms with Crippen LogP contribution in [0.3, 0.4) is 0 Å². The number of amides is 3. The maximum Gasteiger partial charge on any atom is 0.411 e. The van der Waals surface area contributed by atoms with Gasteiger partial charge in [-0.1, -0.05) is 81.6 Å². The van der Waals surface area contributed by atoms with Gasteiger partial charge in [-0.2, -0.15) is 0 Å². The lowest BCUT2D eigenvalue weighted by atomic mass is 10.1. The van der Waals surface area contributed by atoms with Crippen molar-refractivity contribution in [3.63, 3.8) is 0 Å². The topological polar surface area (TPSA) is 108 Å². The van der Waals surface area contributed by atoms with E-state index in [-0.39, 0.29) is 12.6 Å². The number of carbonyl (C=O) groups excluding carboxylic acids is 2. The van der Waals surface area contributed by atoms with Crippen LogP contribution in [0.4, 0.5) is 15.3 Å². The Kier molecular flexibility index (Phi) is 9.28. The van der Waals surface area contributed by atoms with Crippen molar-refractivity contribution >= 4 is 56.9 Å². The number of benzene rings is 3. The Morgan fingerprint density at radius 2 is 1.79 bits per heavy atom. The van der Waals surface area contributed by atoms with Crippen molar-refractivity contribution in [1.29, 1.82) is 0 Å².